The van der Waals surface area contributed by atoms with Crippen LogP contribution in [0, 0.1) is 0 Å². The molecule has 0 spiro atoms. The van der Waals surface area contributed by atoms with Crippen molar-refractivity contribution in [2.75, 3.05) is 7.11 Å². The molecular weight excluding hydrogens is 295 g/mol. The fraction of sp³-hybridized carbons (Fsp3) is 0.154. The third kappa shape index (κ3) is 3.33. The molecule has 0 amide bonds. The molecule has 0 fully saturated rings. The van der Waals surface area contributed by atoms with Crippen molar-refractivity contribution in [1.82, 2.24) is 4.98 Å². The summed E-state index contributed by atoms with van der Waals surface area (Å²) >= 11 is 5.89. The Bertz CT molecular complexity index is 600. The second kappa shape index (κ2) is 5.58. The second-order valence-electron chi connectivity index (χ2n) is 3.75. The zero-order chi connectivity index (χ0) is 14.8. The fourth-order valence-corrected chi connectivity index (χ4v) is 1.92. The van der Waals surface area contributed by atoms with Gasteiger partial charge in [0.05, 0.1) is 7.11 Å². The maximum Gasteiger partial charge on any atom is 0.573 e. The number of halogens is 4. The van der Waals surface area contributed by atoms with Crippen molar-refractivity contribution in [2.45, 2.75) is 6.36 Å². The molecule has 0 N–H and O–H groups in total. The summed E-state index contributed by atoms with van der Waals surface area (Å²) in [7, 11) is 1.44. The van der Waals surface area contributed by atoms with Crippen LogP contribution in [0.1, 0.15) is 0 Å². The van der Waals surface area contributed by atoms with Crippen LogP contribution in [0.15, 0.2) is 36.5 Å². The van der Waals surface area contributed by atoms with Crippen LogP contribution in [0.3, 0.4) is 0 Å². The maximum atomic E-state index is 12.1. The van der Waals surface area contributed by atoms with E-state index >= 15 is 0 Å². The molecule has 106 valence electrons. The average Bonchev–Trinajstić information content (AvgIpc) is 2.37. The van der Waals surface area contributed by atoms with E-state index in [0.29, 0.717) is 16.9 Å². The lowest BCUT2D eigenvalue weighted by molar-refractivity contribution is -0.274. The molecule has 1 heterocycles. The highest BCUT2D eigenvalue weighted by Gasteiger charge is 2.31. The summed E-state index contributed by atoms with van der Waals surface area (Å²) in [6.07, 6.45) is -3.22. The summed E-state index contributed by atoms with van der Waals surface area (Å²) in [5, 5.41) is 0.181. The van der Waals surface area contributed by atoms with Gasteiger partial charge in [0.15, 0.2) is 10.9 Å². The molecule has 0 bridgehead atoms. The summed E-state index contributed by atoms with van der Waals surface area (Å²) in [6.45, 7) is 0. The minimum absolute atomic E-state index is 0.181. The molecule has 3 nitrogen and oxygen atoms in total. The van der Waals surface area contributed by atoms with E-state index in [9.17, 15) is 13.2 Å². The molecule has 20 heavy (non-hydrogen) atoms. The van der Waals surface area contributed by atoms with Gasteiger partial charge in [-0.05, 0) is 23.8 Å². The Morgan fingerprint density at radius 2 is 1.75 bits per heavy atom. The van der Waals surface area contributed by atoms with Gasteiger partial charge < -0.3 is 9.47 Å². The predicted octanol–water partition coefficient (Wildman–Crippen LogP) is 4.31. The minimum atomic E-state index is -4.71. The number of hydrogen-bond donors (Lipinski definition) is 0. The van der Waals surface area contributed by atoms with Crippen LogP contribution in [0.5, 0.6) is 11.5 Å². The Labute approximate surface area is 117 Å². The molecule has 7 heteroatoms. The van der Waals surface area contributed by atoms with Crippen LogP contribution in [0.4, 0.5) is 13.2 Å². The Morgan fingerprint density at radius 1 is 1.10 bits per heavy atom. The smallest absolute Gasteiger partial charge is 0.493 e. The van der Waals surface area contributed by atoms with Crippen LogP contribution in [0.2, 0.25) is 5.15 Å². The second-order valence-corrected chi connectivity index (χ2v) is 4.11. The lowest BCUT2D eigenvalue weighted by Crippen LogP contribution is -2.16. The first-order chi connectivity index (χ1) is 9.40. The van der Waals surface area contributed by atoms with Gasteiger partial charge >= 0.3 is 6.36 Å². The topological polar surface area (TPSA) is 31.4 Å². The first-order valence-electron chi connectivity index (χ1n) is 5.45. The third-order valence-corrected chi connectivity index (χ3v) is 2.73. The third-order valence-electron chi connectivity index (χ3n) is 2.46. The maximum absolute atomic E-state index is 12.1. The van der Waals surface area contributed by atoms with E-state index < -0.39 is 6.36 Å². The quantitative estimate of drug-likeness (QED) is 0.792. The van der Waals surface area contributed by atoms with Crippen LogP contribution in [0.25, 0.3) is 11.1 Å². The summed E-state index contributed by atoms with van der Waals surface area (Å²) in [5.41, 5.74) is 1.27. The summed E-state index contributed by atoms with van der Waals surface area (Å²) in [6, 6.07) is 7.06. The molecule has 1 aromatic heterocycles. The molecule has 2 rings (SSSR count). The molecule has 0 radical (unpaired) electrons. The number of benzene rings is 1. The number of rotatable bonds is 3. The van der Waals surface area contributed by atoms with Crippen molar-refractivity contribution in [3.05, 3.63) is 41.7 Å². The number of nitrogens with zero attached hydrogens (tertiary/aromatic N) is 1. The minimum Gasteiger partial charge on any atom is -0.493 e. The van der Waals surface area contributed by atoms with Gasteiger partial charge in [-0.1, -0.05) is 23.7 Å². The standard InChI is InChI=1S/C13H9ClF3NO2/c1-19-11-10(6-7-18-12(11)14)8-2-4-9(5-3-8)20-13(15,16)17/h2-7H,1H3. The number of aromatic nitrogens is 1. The van der Waals surface area contributed by atoms with Crippen LogP contribution < -0.4 is 9.47 Å². The molecule has 0 atom stereocenters. The highest BCUT2D eigenvalue weighted by atomic mass is 35.5. The zero-order valence-electron chi connectivity index (χ0n) is 10.2. The zero-order valence-corrected chi connectivity index (χ0v) is 11.0. The van der Waals surface area contributed by atoms with Crippen molar-refractivity contribution in [3.8, 4) is 22.6 Å². The number of methoxy groups -OCH3 is 1. The van der Waals surface area contributed by atoms with Crippen LogP contribution in [-0.2, 0) is 0 Å². The highest BCUT2D eigenvalue weighted by molar-refractivity contribution is 6.31. The largest absolute Gasteiger partial charge is 0.573 e. The van der Waals surface area contributed by atoms with Gasteiger partial charge in [0.25, 0.3) is 0 Å². The first kappa shape index (κ1) is 14.5. The van der Waals surface area contributed by atoms with Crippen molar-refractivity contribution in [1.29, 1.82) is 0 Å². The lowest BCUT2D eigenvalue weighted by atomic mass is 10.1. The van der Waals surface area contributed by atoms with E-state index in [-0.39, 0.29) is 10.9 Å². The summed E-state index contributed by atoms with van der Waals surface area (Å²) < 4.78 is 45.1. The Morgan fingerprint density at radius 3 is 2.30 bits per heavy atom. The number of pyridine rings is 1. The van der Waals surface area contributed by atoms with E-state index in [1.165, 1.54) is 37.6 Å². The monoisotopic (exact) mass is 303 g/mol. The van der Waals surface area contributed by atoms with Gasteiger partial charge in [0.1, 0.15) is 5.75 Å². The molecule has 0 aliphatic heterocycles. The fourth-order valence-electron chi connectivity index (χ4n) is 1.68. The Balaban J connectivity index is 2.33. The molecule has 0 saturated carbocycles. The molecule has 0 aliphatic carbocycles. The van der Waals surface area contributed by atoms with Crippen molar-refractivity contribution >= 4 is 11.6 Å². The lowest BCUT2D eigenvalue weighted by Gasteiger charge is -2.11. The molecule has 0 unspecified atom stereocenters. The molecule has 0 saturated heterocycles. The molecule has 1 aromatic carbocycles. The Hall–Kier alpha value is -1.95. The van der Waals surface area contributed by atoms with Crippen LogP contribution >= 0.6 is 11.6 Å². The van der Waals surface area contributed by atoms with Gasteiger partial charge in [-0.2, -0.15) is 0 Å². The van der Waals surface area contributed by atoms with Crippen molar-refractivity contribution in [2.24, 2.45) is 0 Å². The van der Waals surface area contributed by atoms with Gasteiger partial charge in [-0.3, -0.25) is 0 Å². The summed E-state index contributed by atoms with van der Waals surface area (Å²) in [5.74, 6) is 0.0685. The van der Waals surface area contributed by atoms with Gasteiger partial charge in [0.2, 0.25) is 0 Å². The normalized spacial score (nSPS) is 11.2. The summed E-state index contributed by atoms with van der Waals surface area (Å²) in [4.78, 5) is 3.87. The van der Waals surface area contributed by atoms with Crippen molar-refractivity contribution < 1.29 is 22.6 Å². The number of hydrogen-bond acceptors (Lipinski definition) is 3. The molecule has 2 aromatic rings. The van der Waals surface area contributed by atoms with E-state index in [1.807, 2.05) is 0 Å². The number of alkyl halides is 3. The van der Waals surface area contributed by atoms with Gasteiger partial charge in [-0.25, -0.2) is 4.98 Å². The first-order valence-corrected chi connectivity index (χ1v) is 5.83. The van der Waals surface area contributed by atoms with Gasteiger partial charge in [0, 0.05) is 11.8 Å². The average molecular weight is 304 g/mol. The van der Waals surface area contributed by atoms with E-state index in [2.05, 4.69) is 9.72 Å². The SMILES string of the molecule is COc1c(-c2ccc(OC(F)(F)F)cc2)ccnc1Cl. The van der Waals surface area contributed by atoms with E-state index in [4.69, 9.17) is 16.3 Å². The number of ether oxygens (including phenoxy) is 2. The van der Waals surface area contributed by atoms with Gasteiger partial charge in [-0.15, -0.1) is 13.2 Å². The van der Waals surface area contributed by atoms with Crippen molar-refractivity contribution in [3.63, 3.8) is 0 Å². The molecular formula is C13H9ClF3NO2. The predicted molar refractivity (Wildman–Crippen MR) is 67.9 cm³/mol. The Kier molecular flexibility index (Phi) is 4.04. The van der Waals surface area contributed by atoms with Crippen LogP contribution in [-0.4, -0.2) is 18.5 Å². The molecule has 0 aliphatic rings. The highest BCUT2D eigenvalue weighted by Crippen LogP contribution is 2.35. The van der Waals surface area contributed by atoms with E-state index in [1.54, 1.807) is 6.07 Å². The van der Waals surface area contributed by atoms with E-state index in [0.717, 1.165) is 0 Å².